The van der Waals surface area contributed by atoms with E-state index in [2.05, 4.69) is 15.3 Å². The standard InChI is InChI=1S/C25H18ClF3N4O3/c1-34-18-7-6-16(11-20(18)35-2)31-24-23(32-22-12-30-21(26)13-33(22)24)19-9-8-17(36-19)14-4-3-5-15(10-14)25(27,28)29/h3-13,31H,1-2H3. The number of hydrogen-bond donors (Lipinski definition) is 1. The van der Waals surface area contributed by atoms with Crippen LogP contribution in [0.1, 0.15) is 5.56 Å². The molecule has 0 atom stereocenters. The molecule has 0 saturated carbocycles. The molecular formula is C25H18ClF3N4O3. The van der Waals surface area contributed by atoms with Crippen LogP contribution < -0.4 is 14.8 Å². The Morgan fingerprint density at radius 2 is 1.75 bits per heavy atom. The highest BCUT2D eigenvalue weighted by molar-refractivity contribution is 6.29. The fourth-order valence-electron chi connectivity index (χ4n) is 3.74. The molecule has 11 heteroatoms. The van der Waals surface area contributed by atoms with E-state index in [0.29, 0.717) is 45.7 Å². The van der Waals surface area contributed by atoms with Gasteiger partial charge in [-0.25, -0.2) is 9.97 Å². The third-order valence-electron chi connectivity index (χ3n) is 5.44. The Labute approximate surface area is 208 Å². The molecule has 2 aromatic carbocycles. The molecule has 7 nitrogen and oxygen atoms in total. The SMILES string of the molecule is COc1ccc(Nc2c(-c3ccc(-c4cccc(C(F)(F)F)c4)o3)nc3cnc(Cl)cn23)cc1OC. The average Bonchev–Trinajstić information content (AvgIpc) is 3.49. The summed E-state index contributed by atoms with van der Waals surface area (Å²) in [5, 5.41) is 3.54. The maximum Gasteiger partial charge on any atom is 0.416 e. The van der Waals surface area contributed by atoms with Gasteiger partial charge in [0.15, 0.2) is 22.9 Å². The lowest BCUT2D eigenvalue weighted by atomic mass is 10.1. The highest BCUT2D eigenvalue weighted by Crippen LogP contribution is 2.38. The number of halogens is 4. The Morgan fingerprint density at radius 1 is 0.972 bits per heavy atom. The molecule has 5 aromatic rings. The molecule has 0 bridgehead atoms. The molecule has 0 spiro atoms. The predicted molar refractivity (Wildman–Crippen MR) is 129 cm³/mol. The fourth-order valence-corrected chi connectivity index (χ4v) is 3.89. The number of nitrogens with one attached hydrogen (secondary N) is 1. The Balaban J connectivity index is 1.59. The van der Waals surface area contributed by atoms with Crippen molar-refractivity contribution in [3.05, 3.63) is 77.7 Å². The molecule has 0 aliphatic carbocycles. The smallest absolute Gasteiger partial charge is 0.416 e. The Hall–Kier alpha value is -4.18. The van der Waals surface area contributed by atoms with Crippen molar-refractivity contribution in [2.45, 2.75) is 6.18 Å². The van der Waals surface area contributed by atoms with Crippen molar-refractivity contribution in [2.24, 2.45) is 0 Å². The summed E-state index contributed by atoms with van der Waals surface area (Å²) in [5.74, 6) is 2.19. The van der Waals surface area contributed by atoms with Crippen molar-refractivity contribution in [1.82, 2.24) is 14.4 Å². The first-order valence-electron chi connectivity index (χ1n) is 10.6. The second-order valence-corrected chi connectivity index (χ2v) is 8.07. The van der Waals surface area contributed by atoms with Gasteiger partial charge in [0.05, 0.1) is 26.0 Å². The van der Waals surface area contributed by atoms with Gasteiger partial charge in [-0.1, -0.05) is 23.7 Å². The van der Waals surface area contributed by atoms with Crippen LogP contribution in [0, 0.1) is 0 Å². The van der Waals surface area contributed by atoms with Crippen LogP contribution in [0.5, 0.6) is 11.5 Å². The number of furan rings is 1. The molecule has 0 saturated heterocycles. The summed E-state index contributed by atoms with van der Waals surface area (Å²) in [6, 6.07) is 13.5. The number of methoxy groups -OCH3 is 2. The zero-order valence-electron chi connectivity index (χ0n) is 18.9. The average molecular weight is 515 g/mol. The molecule has 0 unspecified atom stereocenters. The van der Waals surface area contributed by atoms with Crippen LogP contribution >= 0.6 is 11.6 Å². The van der Waals surface area contributed by atoms with Crippen molar-refractivity contribution < 1.29 is 27.1 Å². The maximum absolute atomic E-state index is 13.2. The largest absolute Gasteiger partial charge is 0.493 e. The van der Waals surface area contributed by atoms with Gasteiger partial charge >= 0.3 is 6.18 Å². The molecule has 0 amide bonds. The van der Waals surface area contributed by atoms with E-state index in [1.54, 1.807) is 54.1 Å². The molecule has 0 aliphatic heterocycles. The minimum Gasteiger partial charge on any atom is -0.493 e. The Bertz CT molecular complexity index is 1560. The first-order chi connectivity index (χ1) is 17.3. The first-order valence-corrected chi connectivity index (χ1v) is 10.9. The van der Waals surface area contributed by atoms with E-state index in [9.17, 15) is 13.2 Å². The van der Waals surface area contributed by atoms with E-state index in [1.807, 2.05) is 0 Å². The van der Waals surface area contributed by atoms with E-state index in [-0.39, 0.29) is 10.9 Å². The van der Waals surface area contributed by atoms with Crippen molar-refractivity contribution in [2.75, 3.05) is 19.5 Å². The molecule has 36 heavy (non-hydrogen) atoms. The summed E-state index contributed by atoms with van der Waals surface area (Å²) in [6.07, 6.45) is -1.37. The zero-order valence-corrected chi connectivity index (χ0v) is 19.7. The summed E-state index contributed by atoms with van der Waals surface area (Å²) < 4.78 is 57.9. The molecule has 5 rings (SSSR count). The summed E-state index contributed by atoms with van der Waals surface area (Å²) >= 11 is 6.13. The van der Waals surface area contributed by atoms with E-state index >= 15 is 0 Å². The van der Waals surface area contributed by atoms with Gasteiger partial charge in [0.2, 0.25) is 0 Å². The minimum absolute atomic E-state index is 0.242. The zero-order chi connectivity index (χ0) is 25.4. The second kappa shape index (κ2) is 9.12. The Kier molecular flexibility index (Phi) is 5.97. The summed E-state index contributed by atoms with van der Waals surface area (Å²) in [7, 11) is 3.08. The second-order valence-electron chi connectivity index (χ2n) is 7.68. The number of rotatable bonds is 6. The minimum atomic E-state index is -4.46. The normalized spacial score (nSPS) is 11.6. The lowest BCUT2D eigenvalue weighted by Gasteiger charge is -2.12. The molecule has 184 valence electrons. The summed E-state index contributed by atoms with van der Waals surface area (Å²) in [4.78, 5) is 8.69. The monoisotopic (exact) mass is 514 g/mol. The van der Waals surface area contributed by atoms with Crippen molar-refractivity contribution in [1.29, 1.82) is 0 Å². The molecule has 1 N–H and O–H groups in total. The first kappa shape index (κ1) is 23.6. The van der Waals surface area contributed by atoms with Crippen LogP contribution in [0.25, 0.3) is 28.4 Å². The van der Waals surface area contributed by atoms with Crippen LogP contribution in [-0.4, -0.2) is 28.6 Å². The number of aromatic nitrogens is 3. The van der Waals surface area contributed by atoms with Crippen LogP contribution in [0.4, 0.5) is 24.7 Å². The van der Waals surface area contributed by atoms with Crippen molar-refractivity contribution in [3.63, 3.8) is 0 Å². The van der Waals surface area contributed by atoms with E-state index in [4.69, 9.17) is 25.5 Å². The summed E-state index contributed by atoms with van der Waals surface area (Å²) in [6.45, 7) is 0. The summed E-state index contributed by atoms with van der Waals surface area (Å²) in [5.41, 5.74) is 1.08. The molecule has 0 aliphatic rings. The number of nitrogens with zero attached hydrogens (tertiary/aromatic N) is 3. The number of hydrogen-bond acceptors (Lipinski definition) is 6. The van der Waals surface area contributed by atoms with Gasteiger partial charge in [-0.2, -0.15) is 13.2 Å². The van der Waals surface area contributed by atoms with E-state index in [0.717, 1.165) is 12.1 Å². The van der Waals surface area contributed by atoms with Crippen LogP contribution in [0.2, 0.25) is 5.15 Å². The van der Waals surface area contributed by atoms with Gasteiger partial charge in [0.1, 0.15) is 22.4 Å². The highest BCUT2D eigenvalue weighted by atomic mass is 35.5. The van der Waals surface area contributed by atoms with Crippen molar-refractivity contribution >= 4 is 28.8 Å². The Morgan fingerprint density at radius 3 is 2.50 bits per heavy atom. The van der Waals surface area contributed by atoms with Crippen molar-refractivity contribution in [3.8, 4) is 34.3 Å². The van der Waals surface area contributed by atoms with Gasteiger partial charge < -0.3 is 19.2 Å². The number of alkyl halides is 3. The quantitative estimate of drug-likeness (QED) is 0.261. The van der Waals surface area contributed by atoms with Gasteiger partial charge in [-0.15, -0.1) is 0 Å². The van der Waals surface area contributed by atoms with Gasteiger partial charge in [-0.05, 0) is 36.4 Å². The van der Waals surface area contributed by atoms with E-state index < -0.39 is 11.7 Å². The third-order valence-corrected chi connectivity index (χ3v) is 5.63. The van der Waals surface area contributed by atoms with Gasteiger partial charge in [-0.3, -0.25) is 4.40 Å². The number of ether oxygens (including phenoxy) is 2. The highest BCUT2D eigenvalue weighted by Gasteiger charge is 2.30. The van der Waals surface area contributed by atoms with Gasteiger partial charge in [0, 0.05) is 23.5 Å². The molecule has 0 radical (unpaired) electrons. The van der Waals surface area contributed by atoms with Gasteiger partial charge in [0.25, 0.3) is 0 Å². The fraction of sp³-hybridized carbons (Fsp3) is 0.120. The van der Waals surface area contributed by atoms with Crippen LogP contribution in [0.15, 0.2) is 71.4 Å². The predicted octanol–water partition coefficient (Wildman–Crippen LogP) is 7.09. The molecule has 3 heterocycles. The molecular weight excluding hydrogens is 497 g/mol. The number of anilines is 2. The molecule has 3 aromatic heterocycles. The van der Waals surface area contributed by atoms with E-state index in [1.165, 1.54) is 19.4 Å². The lowest BCUT2D eigenvalue weighted by Crippen LogP contribution is -2.04. The lowest BCUT2D eigenvalue weighted by molar-refractivity contribution is -0.137. The van der Waals surface area contributed by atoms with Crippen LogP contribution in [-0.2, 0) is 6.18 Å². The van der Waals surface area contributed by atoms with Crippen LogP contribution in [0.3, 0.4) is 0 Å². The topological polar surface area (TPSA) is 73.8 Å². The number of benzene rings is 2. The number of fused-ring (bicyclic) bond motifs is 1. The third kappa shape index (κ3) is 4.42. The molecule has 0 fully saturated rings. The maximum atomic E-state index is 13.2. The number of imidazole rings is 1.